The summed E-state index contributed by atoms with van der Waals surface area (Å²) in [5.74, 6) is -0.199. The van der Waals surface area contributed by atoms with Gasteiger partial charge in [0, 0.05) is 22.0 Å². The molecule has 0 aliphatic heterocycles. The summed E-state index contributed by atoms with van der Waals surface area (Å²) in [6.07, 6.45) is 0. The highest BCUT2D eigenvalue weighted by molar-refractivity contribution is 7.14. The third kappa shape index (κ3) is 2.93. The lowest BCUT2D eigenvalue weighted by Crippen LogP contribution is -2.15. The quantitative estimate of drug-likeness (QED) is 0.772. The number of amides is 1. The maximum atomic E-state index is 12.4. The molecule has 0 radical (unpaired) electrons. The molecule has 0 fully saturated rings. The van der Waals surface area contributed by atoms with Crippen molar-refractivity contribution in [2.24, 2.45) is 0 Å². The molecule has 0 unspecified atom stereocenters. The maximum absolute atomic E-state index is 12.4. The average Bonchev–Trinajstić information content (AvgIpc) is 3.12. The van der Waals surface area contributed by atoms with Crippen molar-refractivity contribution in [3.8, 4) is 10.6 Å². The van der Waals surface area contributed by atoms with Gasteiger partial charge in [-0.25, -0.2) is 4.98 Å². The van der Waals surface area contributed by atoms with E-state index in [1.54, 1.807) is 16.7 Å². The standard InChI is InChI=1S/C16H15N3OS2/c1-9-6-10(2)17-11(3)14(9)19-15(20)13-8-22-16(18-13)12-4-5-21-7-12/h4-8H,1-3H3,(H,19,20). The zero-order valence-electron chi connectivity index (χ0n) is 12.5. The van der Waals surface area contributed by atoms with Crippen LogP contribution in [0.1, 0.15) is 27.4 Å². The van der Waals surface area contributed by atoms with Gasteiger partial charge >= 0.3 is 0 Å². The summed E-state index contributed by atoms with van der Waals surface area (Å²) in [5, 5.41) is 9.60. The minimum Gasteiger partial charge on any atom is -0.319 e. The zero-order valence-corrected chi connectivity index (χ0v) is 14.1. The molecular formula is C16H15N3OS2. The van der Waals surface area contributed by atoms with Crippen LogP contribution in [-0.4, -0.2) is 15.9 Å². The molecule has 0 spiro atoms. The van der Waals surface area contributed by atoms with E-state index in [0.717, 1.165) is 33.2 Å². The summed E-state index contributed by atoms with van der Waals surface area (Å²) in [5.41, 5.74) is 5.02. The molecule has 3 rings (SSSR count). The molecule has 22 heavy (non-hydrogen) atoms. The van der Waals surface area contributed by atoms with Gasteiger partial charge in [-0.3, -0.25) is 9.78 Å². The minimum absolute atomic E-state index is 0.199. The molecule has 4 nitrogen and oxygen atoms in total. The van der Waals surface area contributed by atoms with Gasteiger partial charge in [-0.2, -0.15) is 11.3 Å². The summed E-state index contributed by atoms with van der Waals surface area (Å²) in [6.45, 7) is 5.81. The molecule has 1 N–H and O–H groups in total. The first-order valence-corrected chi connectivity index (χ1v) is 8.61. The Labute approximate surface area is 136 Å². The van der Waals surface area contributed by atoms with Crippen LogP contribution in [0.25, 0.3) is 10.6 Å². The van der Waals surface area contributed by atoms with Gasteiger partial charge in [0.2, 0.25) is 0 Å². The van der Waals surface area contributed by atoms with Crippen LogP contribution in [0.2, 0.25) is 0 Å². The lowest BCUT2D eigenvalue weighted by molar-refractivity contribution is 0.102. The van der Waals surface area contributed by atoms with Gasteiger partial charge in [0.15, 0.2) is 0 Å². The van der Waals surface area contributed by atoms with Crippen LogP contribution < -0.4 is 5.32 Å². The first kappa shape index (κ1) is 14.9. The Hall–Kier alpha value is -2.05. The van der Waals surface area contributed by atoms with Gasteiger partial charge in [0.1, 0.15) is 10.7 Å². The number of pyridine rings is 1. The molecule has 0 saturated carbocycles. The van der Waals surface area contributed by atoms with Crippen molar-refractivity contribution >= 4 is 34.3 Å². The van der Waals surface area contributed by atoms with Crippen molar-refractivity contribution in [1.82, 2.24) is 9.97 Å². The molecule has 3 heterocycles. The highest BCUT2D eigenvalue weighted by Gasteiger charge is 2.15. The van der Waals surface area contributed by atoms with E-state index in [1.165, 1.54) is 11.3 Å². The van der Waals surface area contributed by atoms with Crippen molar-refractivity contribution in [3.63, 3.8) is 0 Å². The van der Waals surface area contributed by atoms with Gasteiger partial charge in [-0.15, -0.1) is 11.3 Å². The Bertz CT molecular complexity index is 799. The molecule has 0 saturated heterocycles. The summed E-state index contributed by atoms with van der Waals surface area (Å²) < 4.78 is 0. The molecular weight excluding hydrogens is 314 g/mol. The van der Waals surface area contributed by atoms with Crippen LogP contribution in [0.3, 0.4) is 0 Å². The van der Waals surface area contributed by atoms with E-state index < -0.39 is 0 Å². The second-order valence-corrected chi connectivity index (χ2v) is 6.68. The molecule has 1 amide bonds. The van der Waals surface area contributed by atoms with Gasteiger partial charge in [0.05, 0.1) is 11.4 Å². The number of hydrogen-bond acceptors (Lipinski definition) is 5. The number of aromatic nitrogens is 2. The summed E-state index contributed by atoms with van der Waals surface area (Å²) in [7, 11) is 0. The Morgan fingerprint density at radius 3 is 2.68 bits per heavy atom. The summed E-state index contributed by atoms with van der Waals surface area (Å²) in [6, 6.07) is 3.96. The summed E-state index contributed by atoms with van der Waals surface area (Å²) in [4.78, 5) is 21.2. The van der Waals surface area contributed by atoms with Crippen LogP contribution in [0.4, 0.5) is 5.69 Å². The van der Waals surface area contributed by atoms with E-state index in [-0.39, 0.29) is 5.91 Å². The Kier molecular flexibility index (Phi) is 4.04. The smallest absolute Gasteiger partial charge is 0.275 e. The number of aryl methyl sites for hydroxylation is 3. The largest absolute Gasteiger partial charge is 0.319 e. The van der Waals surface area contributed by atoms with Gasteiger partial charge in [0.25, 0.3) is 5.91 Å². The third-order valence-corrected chi connectivity index (χ3v) is 4.84. The van der Waals surface area contributed by atoms with E-state index in [4.69, 9.17) is 0 Å². The number of thiophene rings is 1. The van der Waals surface area contributed by atoms with Gasteiger partial charge in [-0.05, 0) is 43.8 Å². The van der Waals surface area contributed by atoms with Crippen LogP contribution in [-0.2, 0) is 0 Å². The van der Waals surface area contributed by atoms with Crippen LogP contribution in [0, 0.1) is 20.8 Å². The number of rotatable bonds is 3. The predicted molar refractivity (Wildman–Crippen MR) is 91.8 cm³/mol. The number of carbonyl (C=O) groups excluding carboxylic acids is 1. The molecule has 0 atom stereocenters. The van der Waals surface area contributed by atoms with Gasteiger partial charge < -0.3 is 5.32 Å². The lowest BCUT2D eigenvalue weighted by atomic mass is 10.1. The molecule has 6 heteroatoms. The lowest BCUT2D eigenvalue weighted by Gasteiger charge is -2.10. The monoisotopic (exact) mass is 329 g/mol. The third-order valence-electron chi connectivity index (χ3n) is 3.27. The molecule has 112 valence electrons. The van der Waals surface area contributed by atoms with Crippen LogP contribution >= 0.6 is 22.7 Å². The molecule has 3 aromatic heterocycles. The first-order chi connectivity index (χ1) is 10.5. The van der Waals surface area contributed by atoms with Crippen molar-refractivity contribution in [3.05, 3.63) is 50.9 Å². The van der Waals surface area contributed by atoms with Crippen molar-refractivity contribution in [2.45, 2.75) is 20.8 Å². The maximum Gasteiger partial charge on any atom is 0.275 e. The minimum atomic E-state index is -0.199. The van der Waals surface area contributed by atoms with E-state index in [9.17, 15) is 4.79 Å². The van der Waals surface area contributed by atoms with E-state index in [1.807, 2.05) is 43.7 Å². The highest BCUT2D eigenvalue weighted by atomic mass is 32.1. The van der Waals surface area contributed by atoms with E-state index >= 15 is 0 Å². The second kappa shape index (κ2) is 5.98. The van der Waals surface area contributed by atoms with E-state index in [2.05, 4.69) is 15.3 Å². The molecule has 0 aliphatic carbocycles. The molecule has 0 bridgehead atoms. The number of carbonyl (C=O) groups is 1. The molecule has 0 aromatic carbocycles. The van der Waals surface area contributed by atoms with E-state index in [0.29, 0.717) is 5.69 Å². The van der Waals surface area contributed by atoms with Crippen molar-refractivity contribution < 1.29 is 4.79 Å². The van der Waals surface area contributed by atoms with Crippen LogP contribution in [0.15, 0.2) is 28.3 Å². The second-order valence-electron chi connectivity index (χ2n) is 5.04. The fraction of sp³-hybridized carbons (Fsp3) is 0.188. The molecule has 0 aliphatic rings. The van der Waals surface area contributed by atoms with Crippen molar-refractivity contribution in [2.75, 3.05) is 5.32 Å². The fourth-order valence-corrected chi connectivity index (χ4v) is 3.80. The zero-order chi connectivity index (χ0) is 15.7. The number of anilines is 1. The predicted octanol–water partition coefficient (Wildman–Crippen LogP) is 4.44. The number of thiazole rings is 1. The molecule has 3 aromatic rings. The topological polar surface area (TPSA) is 54.9 Å². The van der Waals surface area contributed by atoms with Crippen LogP contribution in [0.5, 0.6) is 0 Å². The highest BCUT2D eigenvalue weighted by Crippen LogP contribution is 2.26. The number of nitrogens with one attached hydrogen (secondary N) is 1. The Morgan fingerprint density at radius 1 is 1.18 bits per heavy atom. The average molecular weight is 329 g/mol. The Balaban J connectivity index is 1.84. The normalized spacial score (nSPS) is 10.7. The first-order valence-electron chi connectivity index (χ1n) is 6.79. The SMILES string of the molecule is Cc1cc(C)c(NC(=O)c2csc(-c3ccsc3)n2)c(C)n1. The fourth-order valence-electron chi connectivity index (χ4n) is 2.29. The Morgan fingerprint density at radius 2 is 2.00 bits per heavy atom. The van der Waals surface area contributed by atoms with Crippen molar-refractivity contribution in [1.29, 1.82) is 0 Å². The number of nitrogens with zero attached hydrogens (tertiary/aromatic N) is 2. The van der Waals surface area contributed by atoms with Gasteiger partial charge in [-0.1, -0.05) is 0 Å². The number of hydrogen-bond donors (Lipinski definition) is 1. The summed E-state index contributed by atoms with van der Waals surface area (Å²) >= 11 is 3.09.